The molecule has 1 aliphatic rings. The van der Waals surface area contributed by atoms with Crippen molar-refractivity contribution in [2.45, 2.75) is 45.4 Å². The maximum absolute atomic E-state index is 11.8. The van der Waals surface area contributed by atoms with Gasteiger partial charge in [0.1, 0.15) is 0 Å². The van der Waals surface area contributed by atoms with Crippen LogP contribution in [0.5, 0.6) is 0 Å². The lowest BCUT2D eigenvalue weighted by Crippen LogP contribution is -2.00. The molecule has 0 heterocycles. The average Bonchev–Trinajstić information content (AvgIpc) is 3.19. The molecule has 1 aromatic carbocycles. The lowest BCUT2D eigenvalue weighted by Gasteiger charge is -2.03. The van der Waals surface area contributed by atoms with E-state index < -0.39 is 0 Å². The van der Waals surface area contributed by atoms with Crippen molar-refractivity contribution in [3.63, 3.8) is 0 Å². The second-order valence-electron chi connectivity index (χ2n) is 4.96. The summed E-state index contributed by atoms with van der Waals surface area (Å²) >= 11 is 0. The van der Waals surface area contributed by atoms with Crippen molar-refractivity contribution in [3.05, 3.63) is 41.8 Å². The Morgan fingerprint density at radius 3 is 2.53 bits per heavy atom. The summed E-state index contributed by atoms with van der Waals surface area (Å²) in [4.78, 5) is 11.8. The molecule has 1 radical (unpaired) electrons. The molecule has 0 N–H and O–H groups in total. The van der Waals surface area contributed by atoms with Gasteiger partial charge in [-0.05, 0) is 31.2 Å². The Kier molecular flexibility index (Phi) is 4.36. The van der Waals surface area contributed by atoms with Crippen molar-refractivity contribution in [1.29, 1.82) is 0 Å². The van der Waals surface area contributed by atoms with E-state index in [0.29, 0.717) is 11.7 Å². The van der Waals surface area contributed by atoms with Crippen LogP contribution >= 0.6 is 0 Å². The highest BCUT2D eigenvalue weighted by molar-refractivity contribution is 5.99. The van der Waals surface area contributed by atoms with Crippen molar-refractivity contribution in [2.24, 2.45) is 5.92 Å². The zero-order chi connectivity index (χ0) is 12.1. The summed E-state index contributed by atoms with van der Waals surface area (Å²) in [5.74, 6) is 0.664. The van der Waals surface area contributed by atoms with Gasteiger partial charge in [0.2, 0.25) is 0 Å². The van der Waals surface area contributed by atoms with Gasteiger partial charge < -0.3 is 0 Å². The summed E-state index contributed by atoms with van der Waals surface area (Å²) in [6.07, 6.45) is 9.41. The number of hydrogen-bond donors (Lipinski definition) is 0. The van der Waals surface area contributed by atoms with Crippen LogP contribution in [0.2, 0.25) is 0 Å². The first kappa shape index (κ1) is 12.3. The van der Waals surface area contributed by atoms with Crippen LogP contribution in [0, 0.1) is 12.3 Å². The zero-order valence-electron chi connectivity index (χ0n) is 10.6. The summed E-state index contributed by atoms with van der Waals surface area (Å²) in [7, 11) is 0. The molecule has 0 spiro atoms. The molecule has 0 unspecified atom stereocenters. The molecule has 1 aromatic rings. The third kappa shape index (κ3) is 3.69. The molecule has 1 heteroatoms. The van der Waals surface area contributed by atoms with Gasteiger partial charge in [-0.3, -0.25) is 4.79 Å². The van der Waals surface area contributed by atoms with Gasteiger partial charge in [-0.15, -0.1) is 0 Å². The third-order valence-electron chi connectivity index (χ3n) is 3.33. The van der Waals surface area contributed by atoms with Crippen molar-refractivity contribution >= 4 is 5.78 Å². The van der Waals surface area contributed by atoms with Crippen LogP contribution in [-0.4, -0.2) is 5.78 Å². The fraction of sp³-hybridized carbons (Fsp3) is 0.500. The fourth-order valence-corrected chi connectivity index (χ4v) is 2.03. The lowest BCUT2D eigenvalue weighted by molar-refractivity contribution is 0.0967. The van der Waals surface area contributed by atoms with Gasteiger partial charge in [0, 0.05) is 11.5 Å². The summed E-state index contributed by atoms with van der Waals surface area (Å²) in [6.45, 7) is 2.22. The Balaban J connectivity index is 1.82. The van der Waals surface area contributed by atoms with Gasteiger partial charge in [0.05, 0.1) is 0 Å². The van der Waals surface area contributed by atoms with E-state index in [1.807, 2.05) is 12.1 Å². The molecule has 0 atom stereocenters. The maximum Gasteiger partial charge on any atom is 0.165 e. The van der Waals surface area contributed by atoms with Crippen LogP contribution in [0.1, 0.15) is 61.4 Å². The number of hydrogen-bond acceptors (Lipinski definition) is 1. The van der Waals surface area contributed by atoms with E-state index in [4.69, 9.17) is 0 Å². The normalized spacial score (nSPS) is 14.9. The number of carbonyl (C=O) groups excluding carboxylic acids is 1. The third-order valence-corrected chi connectivity index (χ3v) is 3.33. The van der Waals surface area contributed by atoms with Crippen LogP contribution in [0.4, 0.5) is 0 Å². The second kappa shape index (κ2) is 6.00. The van der Waals surface area contributed by atoms with Crippen molar-refractivity contribution in [2.75, 3.05) is 0 Å². The van der Waals surface area contributed by atoms with Crippen LogP contribution in [-0.2, 0) is 0 Å². The number of unbranched alkanes of at least 4 members (excludes halogenated alkanes) is 3. The topological polar surface area (TPSA) is 17.1 Å². The SMILES string of the molecule is CCCCC[CH]c1ccc(C(=O)C2CC2)cc1. The molecule has 91 valence electrons. The van der Waals surface area contributed by atoms with Crippen molar-refractivity contribution in [1.82, 2.24) is 0 Å². The molecule has 17 heavy (non-hydrogen) atoms. The van der Waals surface area contributed by atoms with E-state index in [0.717, 1.165) is 24.8 Å². The second-order valence-corrected chi connectivity index (χ2v) is 4.96. The zero-order valence-corrected chi connectivity index (χ0v) is 10.6. The molecule has 1 fully saturated rings. The summed E-state index contributed by atoms with van der Waals surface area (Å²) in [5.41, 5.74) is 2.13. The van der Waals surface area contributed by atoms with E-state index in [1.54, 1.807) is 0 Å². The number of Topliss-reactive ketones (excluding diaryl/α,β-unsaturated/α-hetero) is 1. The molecular formula is C16H21O. The van der Waals surface area contributed by atoms with Crippen molar-refractivity contribution < 1.29 is 4.79 Å². The number of ketones is 1. The molecule has 0 saturated heterocycles. The highest BCUT2D eigenvalue weighted by Gasteiger charge is 2.30. The van der Waals surface area contributed by atoms with Gasteiger partial charge >= 0.3 is 0 Å². The highest BCUT2D eigenvalue weighted by atomic mass is 16.1. The predicted octanol–water partition coefficient (Wildman–Crippen LogP) is 4.41. The molecule has 1 aliphatic carbocycles. The Bertz CT molecular complexity index is 360. The minimum Gasteiger partial charge on any atom is -0.294 e. The van der Waals surface area contributed by atoms with Crippen LogP contribution < -0.4 is 0 Å². The van der Waals surface area contributed by atoms with E-state index >= 15 is 0 Å². The Morgan fingerprint density at radius 1 is 1.24 bits per heavy atom. The smallest absolute Gasteiger partial charge is 0.165 e. The largest absolute Gasteiger partial charge is 0.294 e. The summed E-state index contributed by atoms with van der Waals surface area (Å²) < 4.78 is 0. The minimum atomic E-state index is 0.328. The van der Waals surface area contributed by atoms with Crippen LogP contribution in [0.25, 0.3) is 0 Å². The van der Waals surface area contributed by atoms with Gasteiger partial charge in [0.25, 0.3) is 0 Å². The standard InChI is InChI=1S/C16H21O/c1-2-3-4-5-6-13-7-9-14(10-8-13)16(17)15-11-12-15/h6-10,15H,2-5,11-12H2,1H3. The first-order chi connectivity index (χ1) is 8.31. The Hall–Kier alpha value is -1.11. The molecular weight excluding hydrogens is 208 g/mol. The monoisotopic (exact) mass is 229 g/mol. The quantitative estimate of drug-likeness (QED) is 0.500. The van der Waals surface area contributed by atoms with Gasteiger partial charge in [-0.2, -0.15) is 0 Å². The Labute approximate surface area is 104 Å². The molecule has 1 saturated carbocycles. The van der Waals surface area contributed by atoms with Gasteiger partial charge in [-0.25, -0.2) is 0 Å². The van der Waals surface area contributed by atoms with E-state index in [1.165, 1.54) is 24.8 Å². The Morgan fingerprint density at radius 2 is 1.94 bits per heavy atom. The molecule has 2 rings (SSSR count). The summed E-state index contributed by atoms with van der Waals surface area (Å²) in [5, 5.41) is 0. The minimum absolute atomic E-state index is 0.328. The van der Waals surface area contributed by atoms with E-state index in [2.05, 4.69) is 25.5 Å². The number of rotatable bonds is 7. The molecule has 1 nitrogen and oxygen atoms in total. The maximum atomic E-state index is 11.8. The number of carbonyl (C=O) groups is 1. The molecule has 0 amide bonds. The lowest BCUT2D eigenvalue weighted by atomic mass is 10.0. The van der Waals surface area contributed by atoms with Crippen molar-refractivity contribution in [3.8, 4) is 0 Å². The molecule has 0 aromatic heterocycles. The van der Waals surface area contributed by atoms with E-state index in [9.17, 15) is 4.79 Å². The van der Waals surface area contributed by atoms with Crippen LogP contribution in [0.15, 0.2) is 24.3 Å². The highest BCUT2D eigenvalue weighted by Crippen LogP contribution is 2.32. The predicted molar refractivity (Wildman–Crippen MR) is 71.0 cm³/mol. The molecule has 0 aliphatic heterocycles. The summed E-state index contributed by atoms with van der Waals surface area (Å²) in [6, 6.07) is 8.10. The molecule has 0 bridgehead atoms. The van der Waals surface area contributed by atoms with E-state index in [-0.39, 0.29) is 0 Å². The first-order valence-corrected chi connectivity index (χ1v) is 6.78. The first-order valence-electron chi connectivity index (χ1n) is 6.78. The number of benzene rings is 1. The fourth-order valence-electron chi connectivity index (χ4n) is 2.03. The van der Waals surface area contributed by atoms with Crippen LogP contribution in [0.3, 0.4) is 0 Å². The van der Waals surface area contributed by atoms with Gasteiger partial charge in [0.15, 0.2) is 5.78 Å². The van der Waals surface area contributed by atoms with Gasteiger partial charge in [-0.1, -0.05) is 50.5 Å². The average molecular weight is 229 g/mol.